The average Bonchev–Trinajstić information content (AvgIpc) is 3.14. The summed E-state index contributed by atoms with van der Waals surface area (Å²) in [5, 5.41) is 9.45. The van der Waals surface area contributed by atoms with Gasteiger partial charge in [0, 0.05) is 55.8 Å². The van der Waals surface area contributed by atoms with E-state index in [-0.39, 0.29) is 11.9 Å². The number of likely N-dealkylation sites (tertiary alicyclic amines) is 1. The number of nitrogens with one attached hydrogen (secondary N) is 1. The molecule has 31 heavy (non-hydrogen) atoms. The fourth-order valence-electron chi connectivity index (χ4n) is 3.74. The van der Waals surface area contributed by atoms with Gasteiger partial charge in [-0.15, -0.1) is 0 Å². The number of pyridine rings is 3. The molecule has 0 unspecified atom stereocenters. The second-order valence-electron chi connectivity index (χ2n) is 7.79. The number of hydrogen-bond acceptors (Lipinski definition) is 7. The van der Waals surface area contributed by atoms with Gasteiger partial charge in [-0.25, -0.2) is 9.97 Å². The number of rotatable bonds is 4. The van der Waals surface area contributed by atoms with Crippen LogP contribution in [0.25, 0.3) is 22.0 Å². The number of carbonyl (C=O) groups excluding carboxylic acids is 1. The summed E-state index contributed by atoms with van der Waals surface area (Å²) in [7, 11) is 0. The van der Waals surface area contributed by atoms with Gasteiger partial charge in [-0.3, -0.25) is 14.5 Å². The molecule has 4 aromatic rings. The number of fused-ring (bicyclic) bond motifs is 1. The maximum Gasteiger partial charge on any atom is 0.219 e. The zero-order chi connectivity index (χ0) is 21.5. The lowest BCUT2D eigenvalue weighted by molar-refractivity contribution is -0.134. The van der Waals surface area contributed by atoms with Crippen LogP contribution in [0.15, 0.2) is 49.2 Å². The van der Waals surface area contributed by atoms with Crippen LogP contribution in [0, 0.1) is 6.92 Å². The molecule has 5 rings (SSSR count). The van der Waals surface area contributed by atoms with Crippen LogP contribution in [0.4, 0.5) is 17.3 Å². The number of anilines is 3. The number of aromatic nitrogens is 5. The Morgan fingerprint density at radius 1 is 1.23 bits per heavy atom. The van der Waals surface area contributed by atoms with Gasteiger partial charge in [0.25, 0.3) is 0 Å². The number of aryl methyl sites for hydroxylation is 1. The van der Waals surface area contributed by atoms with Crippen LogP contribution >= 0.6 is 0 Å². The zero-order valence-corrected chi connectivity index (χ0v) is 17.3. The van der Waals surface area contributed by atoms with Gasteiger partial charge in [-0.1, -0.05) is 0 Å². The quantitative estimate of drug-likeness (QED) is 0.527. The Labute approximate surface area is 178 Å². The van der Waals surface area contributed by atoms with E-state index in [4.69, 9.17) is 5.73 Å². The van der Waals surface area contributed by atoms with Crippen molar-refractivity contribution in [3.05, 3.63) is 54.7 Å². The SMILES string of the molecule is CC(=O)N1CC(n2cc(Nc3cc4cc(-c5cnccc5C)nc(N)c4cn3)cn2)C1. The minimum Gasteiger partial charge on any atom is -0.383 e. The van der Waals surface area contributed by atoms with Crippen LogP contribution in [0.1, 0.15) is 18.5 Å². The first-order chi connectivity index (χ1) is 15.0. The molecule has 3 N–H and O–H groups in total. The Morgan fingerprint density at radius 2 is 2.06 bits per heavy atom. The number of nitrogens with zero attached hydrogens (tertiary/aromatic N) is 6. The molecule has 0 aliphatic carbocycles. The van der Waals surface area contributed by atoms with E-state index in [2.05, 4.69) is 25.4 Å². The lowest BCUT2D eigenvalue weighted by Crippen LogP contribution is -2.49. The van der Waals surface area contributed by atoms with Crippen LogP contribution in [-0.2, 0) is 4.79 Å². The topological polar surface area (TPSA) is 115 Å². The molecular formula is C22H22N8O. The summed E-state index contributed by atoms with van der Waals surface area (Å²) in [5.74, 6) is 1.21. The standard InChI is InChI=1S/C22H22N8O/c1-13-3-4-24-8-18(13)20-5-15-6-21(25-9-19(15)22(23)28-20)27-16-7-26-30(10-16)17-11-29(12-17)14(2)31/h3-10,17H,11-12H2,1-2H3,(H2,23,28)(H,25,27). The van der Waals surface area contributed by atoms with Crippen molar-refractivity contribution in [2.75, 3.05) is 24.1 Å². The second-order valence-corrected chi connectivity index (χ2v) is 7.79. The van der Waals surface area contributed by atoms with Crippen LogP contribution in [0.5, 0.6) is 0 Å². The Hall–Kier alpha value is -4.01. The van der Waals surface area contributed by atoms with Crippen molar-refractivity contribution in [3.63, 3.8) is 0 Å². The molecule has 5 heterocycles. The molecule has 0 atom stereocenters. The summed E-state index contributed by atoms with van der Waals surface area (Å²) < 4.78 is 1.88. The third-order valence-electron chi connectivity index (χ3n) is 5.62. The van der Waals surface area contributed by atoms with Gasteiger partial charge in [-0.2, -0.15) is 5.10 Å². The highest BCUT2D eigenvalue weighted by Crippen LogP contribution is 2.29. The molecule has 1 fully saturated rings. The van der Waals surface area contributed by atoms with E-state index in [9.17, 15) is 4.79 Å². The number of nitrogen functional groups attached to an aromatic ring is 1. The lowest BCUT2D eigenvalue weighted by Gasteiger charge is -2.38. The predicted octanol–water partition coefficient (Wildman–Crippen LogP) is 2.93. The Kier molecular flexibility index (Phi) is 4.50. The van der Waals surface area contributed by atoms with E-state index in [1.807, 2.05) is 36.0 Å². The van der Waals surface area contributed by atoms with Gasteiger partial charge in [-0.05, 0) is 36.1 Å². The fourth-order valence-corrected chi connectivity index (χ4v) is 3.74. The summed E-state index contributed by atoms with van der Waals surface area (Å²) >= 11 is 0. The van der Waals surface area contributed by atoms with Crippen molar-refractivity contribution in [2.45, 2.75) is 19.9 Å². The maximum absolute atomic E-state index is 11.4. The van der Waals surface area contributed by atoms with Crippen molar-refractivity contribution >= 4 is 34.0 Å². The Bertz CT molecular complexity index is 1290. The molecule has 0 bridgehead atoms. The van der Waals surface area contributed by atoms with Crippen LogP contribution in [0.3, 0.4) is 0 Å². The average molecular weight is 414 g/mol. The Balaban J connectivity index is 1.40. The molecule has 0 aromatic carbocycles. The molecule has 1 amide bonds. The number of carbonyl (C=O) groups is 1. The molecular weight excluding hydrogens is 392 g/mol. The molecule has 1 saturated heterocycles. The maximum atomic E-state index is 11.4. The van der Waals surface area contributed by atoms with Crippen LogP contribution in [-0.4, -0.2) is 48.6 Å². The Morgan fingerprint density at radius 3 is 2.84 bits per heavy atom. The minimum atomic E-state index is 0.0942. The van der Waals surface area contributed by atoms with Gasteiger partial charge < -0.3 is 16.0 Å². The number of nitrogens with two attached hydrogens (primary N) is 1. The lowest BCUT2D eigenvalue weighted by atomic mass is 10.1. The van der Waals surface area contributed by atoms with Gasteiger partial charge >= 0.3 is 0 Å². The van der Waals surface area contributed by atoms with E-state index >= 15 is 0 Å². The van der Waals surface area contributed by atoms with Crippen molar-refractivity contribution < 1.29 is 4.79 Å². The van der Waals surface area contributed by atoms with E-state index in [1.165, 1.54) is 0 Å². The normalized spacial score (nSPS) is 13.9. The van der Waals surface area contributed by atoms with Crippen molar-refractivity contribution in [3.8, 4) is 11.3 Å². The fraction of sp³-hybridized carbons (Fsp3) is 0.227. The molecule has 1 aliphatic rings. The first-order valence-electron chi connectivity index (χ1n) is 10.0. The molecule has 156 valence electrons. The van der Waals surface area contributed by atoms with Gasteiger partial charge in [0.15, 0.2) is 0 Å². The largest absolute Gasteiger partial charge is 0.383 e. The van der Waals surface area contributed by atoms with E-state index < -0.39 is 0 Å². The monoisotopic (exact) mass is 414 g/mol. The minimum absolute atomic E-state index is 0.0942. The van der Waals surface area contributed by atoms with Gasteiger partial charge in [0.05, 0.1) is 23.6 Å². The summed E-state index contributed by atoms with van der Waals surface area (Å²) in [6.07, 6.45) is 8.97. The van der Waals surface area contributed by atoms with Crippen molar-refractivity contribution in [2.24, 2.45) is 0 Å². The molecule has 1 aliphatic heterocycles. The smallest absolute Gasteiger partial charge is 0.219 e. The summed E-state index contributed by atoms with van der Waals surface area (Å²) in [6.45, 7) is 4.98. The highest BCUT2D eigenvalue weighted by molar-refractivity contribution is 5.94. The van der Waals surface area contributed by atoms with Crippen molar-refractivity contribution in [1.29, 1.82) is 0 Å². The molecule has 0 radical (unpaired) electrons. The third kappa shape index (κ3) is 3.54. The van der Waals surface area contributed by atoms with Crippen LogP contribution in [0.2, 0.25) is 0 Å². The van der Waals surface area contributed by atoms with Crippen molar-refractivity contribution in [1.82, 2.24) is 29.6 Å². The molecule has 9 heteroatoms. The third-order valence-corrected chi connectivity index (χ3v) is 5.62. The van der Waals surface area contributed by atoms with Crippen LogP contribution < -0.4 is 11.1 Å². The highest BCUT2D eigenvalue weighted by atomic mass is 16.2. The number of hydrogen-bond donors (Lipinski definition) is 2. The van der Waals surface area contributed by atoms with Gasteiger partial charge in [0.2, 0.25) is 5.91 Å². The summed E-state index contributed by atoms with van der Waals surface area (Å²) in [5.41, 5.74) is 9.85. The molecule has 4 aromatic heterocycles. The molecule has 0 spiro atoms. The first kappa shape index (κ1) is 19.0. The summed E-state index contributed by atoms with van der Waals surface area (Å²) in [4.78, 5) is 26.4. The van der Waals surface area contributed by atoms with E-state index in [0.29, 0.717) is 24.7 Å². The number of amides is 1. The second kappa shape index (κ2) is 7.35. The highest BCUT2D eigenvalue weighted by Gasteiger charge is 2.30. The zero-order valence-electron chi connectivity index (χ0n) is 17.3. The molecule has 0 saturated carbocycles. The predicted molar refractivity (Wildman–Crippen MR) is 119 cm³/mol. The first-order valence-corrected chi connectivity index (χ1v) is 10.0. The summed E-state index contributed by atoms with van der Waals surface area (Å²) in [6, 6.07) is 6.10. The van der Waals surface area contributed by atoms with E-state index in [0.717, 1.165) is 33.3 Å². The molecule has 9 nitrogen and oxygen atoms in total. The van der Waals surface area contributed by atoms with Gasteiger partial charge in [0.1, 0.15) is 11.6 Å². The van der Waals surface area contributed by atoms with E-state index in [1.54, 1.807) is 36.6 Å².